The Morgan fingerprint density at radius 1 is 1.11 bits per heavy atom. The predicted octanol–water partition coefficient (Wildman–Crippen LogP) is 3.69. The lowest BCUT2D eigenvalue weighted by atomic mass is 10.1. The monoisotopic (exact) mass is 364 g/mol. The van der Waals surface area contributed by atoms with Gasteiger partial charge in [0.25, 0.3) is 0 Å². The minimum Gasteiger partial charge on any atom is -0.445 e. The van der Waals surface area contributed by atoms with Crippen LogP contribution in [-0.2, 0) is 27.3 Å². The fourth-order valence-corrected chi connectivity index (χ4v) is 2.79. The fourth-order valence-electron chi connectivity index (χ4n) is 2.79. The van der Waals surface area contributed by atoms with Crippen molar-refractivity contribution in [1.82, 2.24) is 10.3 Å². The molecule has 2 N–H and O–H groups in total. The maximum atomic E-state index is 12.2. The zero-order valence-electron chi connectivity index (χ0n) is 14.7. The molecule has 27 heavy (non-hydrogen) atoms. The van der Waals surface area contributed by atoms with Crippen LogP contribution in [0.3, 0.4) is 0 Å². The number of rotatable bonds is 7. The van der Waals surface area contributed by atoms with Crippen molar-refractivity contribution in [3.63, 3.8) is 0 Å². The minimum absolute atomic E-state index is 0.114. The van der Waals surface area contributed by atoms with E-state index in [1.165, 1.54) is 0 Å². The van der Waals surface area contributed by atoms with E-state index in [9.17, 15) is 9.59 Å². The number of amides is 1. The third kappa shape index (κ3) is 4.76. The summed E-state index contributed by atoms with van der Waals surface area (Å²) in [5.74, 6) is -0.605. The topological polar surface area (TPSA) is 80.4 Å². The van der Waals surface area contributed by atoms with Gasteiger partial charge in [-0.25, -0.2) is 9.59 Å². The molecule has 0 saturated carbocycles. The van der Waals surface area contributed by atoms with Crippen LogP contribution in [0, 0.1) is 0 Å². The average Bonchev–Trinajstić information content (AvgIpc) is 3.10. The number of hydrogen-bond donors (Lipinski definition) is 2. The standard InChI is InChI=1S/C21H20N2O4/c1-2-26-20(24)19(12-16-13-22-18-11-7-6-10-17(16)18)23-21(25)27-14-15-8-4-3-5-9-15/h2-11,13,19,22H,1,12,14H2,(H,23,25)/t19-/m0/s1. The molecule has 6 heteroatoms. The largest absolute Gasteiger partial charge is 0.445 e. The molecule has 0 aliphatic carbocycles. The molecule has 6 nitrogen and oxygen atoms in total. The first-order valence-corrected chi connectivity index (χ1v) is 8.51. The fraction of sp³-hybridized carbons (Fsp3) is 0.143. The lowest BCUT2D eigenvalue weighted by Crippen LogP contribution is -2.43. The highest BCUT2D eigenvalue weighted by atomic mass is 16.6. The number of H-pyrrole nitrogens is 1. The van der Waals surface area contributed by atoms with E-state index in [2.05, 4.69) is 16.9 Å². The van der Waals surface area contributed by atoms with Gasteiger partial charge in [0, 0.05) is 23.5 Å². The average molecular weight is 364 g/mol. The number of carbonyl (C=O) groups excluding carboxylic acids is 2. The summed E-state index contributed by atoms with van der Waals surface area (Å²) in [4.78, 5) is 27.5. The zero-order chi connectivity index (χ0) is 19.1. The number of alkyl carbamates (subject to hydrolysis) is 1. The number of ether oxygens (including phenoxy) is 2. The molecule has 0 spiro atoms. The van der Waals surface area contributed by atoms with Crippen molar-refractivity contribution in [3.05, 3.63) is 84.8 Å². The molecule has 0 radical (unpaired) electrons. The van der Waals surface area contributed by atoms with Crippen LogP contribution in [0.5, 0.6) is 0 Å². The van der Waals surface area contributed by atoms with Crippen LogP contribution in [0.2, 0.25) is 0 Å². The summed E-state index contributed by atoms with van der Waals surface area (Å²) in [6.07, 6.45) is 2.43. The molecule has 1 atom stereocenters. The first-order chi connectivity index (χ1) is 13.2. The number of esters is 1. The van der Waals surface area contributed by atoms with E-state index in [1.807, 2.05) is 60.8 Å². The Morgan fingerprint density at radius 3 is 2.63 bits per heavy atom. The Bertz CT molecular complexity index is 934. The number of para-hydroxylation sites is 1. The molecule has 2 aromatic carbocycles. The highest BCUT2D eigenvalue weighted by Crippen LogP contribution is 2.19. The SMILES string of the molecule is C=COC(=O)[C@H](Cc1c[nH]c2ccccc12)NC(=O)OCc1ccccc1. The number of carbonyl (C=O) groups is 2. The van der Waals surface area contributed by atoms with Crippen LogP contribution in [0.15, 0.2) is 73.6 Å². The third-order valence-electron chi connectivity index (χ3n) is 4.09. The van der Waals surface area contributed by atoms with Gasteiger partial charge >= 0.3 is 12.1 Å². The van der Waals surface area contributed by atoms with Gasteiger partial charge in [0.05, 0.1) is 6.26 Å². The van der Waals surface area contributed by atoms with Crippen molar-refractivity contribution in [2.24, 2.45) is 0 Å². The van der Waals surface area contributed by atoms with E-state index < -0.39 is 18.1 Å². The summed E-state index contributed by atoms with van der Waals surface area (Å²) in [5, 5.41) is 3.56. The summed E-state index contributed by atoms with van der Waals surface area (Å²) >= 11 is 0. The highest BCUT2D eigenvalue weighted by Gasteiger charge is 2.24. The molecule has 138 valence electrons. The van der Waals surface area contributed by atoms with E-state index in [1.54, 1.807) is 0 Å². The zero-order valence-corrected chi connectivity index (χ0v) is 14.7. The van der Waals surface area contributed by atoms with E-state index in [0.29, 0.717) is 0 Å². The van der Waals surface area contributed by atoms with Gasteiger partial charge < -0.3 is 19.8 Å². The summed E-state index contributed by atoms with van der Waals surface area (Å²) in [5.41, 5.74) is 2.70. The molecular formula is C21H20N2O4. The van der Waals surface area contributed by atoms with Gasteiger partial charge in [0.15, 0.2) is 0 Å². The molecule has 0 unspecified atom stereocenters. The molecule has 0 saturated heterocycles. The van der Waals surface area contributed by atoms with Gasteiger partial charge in [-0.3, -0.25) is 0 Å². The van der Waals surface area contributed by atoms with Gasteiger partial charge in [0.2, 0.25) is 0 Å². The molecule has 1 amide bonds. The van der Waals surface area contributed by atoms with Gasteiger partial charge in [-0.15, -0.1) is 0 Å². The number of aromatic nitrogens is 1. The summed E-state index contributed by atoms with van der Waals surface area (Å²) in [6.45, 7) is 3.51. The second-order valence-electron chi connectivity index (χ2n) is 5.93. The second kappa shape index (κ2) is 8.71. The Morgan fingerprint density at radius 2 is 1.85 bits per heavy atom. The van der Waals surface area contributed by atoms with Crippen molar-refractivity contribution in [2.45, 2.75) is 19.1 Å². The highest BCUT2D eigenvalue weighted by molar-refractivity contribution is 5.86. The molecule has 0 fully saturated rings. The summed E-state index contributed by atoms with van der Waals surface area (Å²) < 4.78 is 10.1. The molecule has 3 aromatic rings. The van der Waals surface area contributed by atoms with Crippen LogP contribution < -0.4 is 5.32 Å². The smallest absolute Gasteiger partial charge is 0.408 e. The minimum atomic E-state index is -0.898. The number of hydrogen-bond acceptors (Lipinski definition) is 4. The molecule has 0 aliphatic heterocycles. The van der Waals surface area contributed by atoms with Crippen LogP contribution in [-0.4, -0.2) is 23.1 Å². The van der Waals surface area contributed by atoms with Crippen molar-refractivity contribution < 1.29 is 19.1 Å². The quantitative estimate of drug-likeness (QED) is 0.495. The van der Waals surface area contributed by atoms with Crippen LogP contribution in [0.1, 0.15) is 11.1 Å². The number of aromatic amines is 1. The maximum Gasteiger partial charge on any atom is 0.408 e. The third-order valence-corrected chi connectivity index (χ3v) is 4.09. The molecule has 1 aromatic heterocycles. The van der Waals surface area contributed by atoms with Crippen molar-refractivity contribution in [3.8, 4) is 0 Å². The maximum absolute atomic E-state index is 12.2. The molecule has 0 aliphatic rings. The van der Waals surface area contributed by atoms with Crippen molar-refractivity contribution in [1.29, 1.82) is 0 Å². The van der Waals surface area contributed by atoms with Crippen LogP contribution in [0.25, 0.3) is 10.9 Å². The number of fused-ring (bicyclic) bond motifs is 1. The van der Waals surface area contributed by atoms with E-state index in [0.717, 1.165) is 28.3 Å². The molecule has 1 heterocycles. The molecular weight excluding hydrogens is 344 g/mol. The molecule has 3 rings (SSSR count). The van der Waals surface area contributed by atoms with Crippen LogP contribution in [0.4, 0.5) is 4.79 Å². The number of nitrogens with one attached hydrogen (secondary N) is 2. The van der Waals surface area contributed by atoms with E-state index >= 15 is 0 Å². The van der Waals surface area contributed by atoms with Crippen LogP contribution >= 0.6 is 0 Å². The van der Waals surface area contributed by atoms with Gasteiger partial charge in [-0.1, -0.05) is 55.1 Å². The molecule has 0 bridgehead atoms. The van der Waals surface area contributed by atoms with Gasteiger partial charge in [-0.2, -0.15) is 0 Å². The van der Waals surface area contributed by atoms with E-state index in [-0.39, 0.29) is 13.0 Å². The first kappa shape index (κ1) is 18.3. The Labute approximate surface area is 156 Å². The van der Waals surface area contributed by atoms with E-state index in [4.69, 9.17) is 9.47 Å². The van der Waals surface area contributed by atoms with Gasteiger partial charge in [-0.05, 0) is 17.2 Å². The number of benzene rings is 2. The van der Waals surface area contributed by atoms with Gasteiger partial charge in [0.1, 0.15) is 12.6 Å². The Balaban J connectivity index is 1.68. The summed E-state index contributed by atoms with van der Waals surface area (Å²) in [6, 6.07) is 16.1. The second-order valence-corrected chi connectivity index (χ2v) is 5.93. The predicted molar refractivity (Wildman–Crippen MR) is 102 cm³/mol. The normalized spacial score (nSPS) is 11.6. The lowest BCUT2D eigenvalue weighted by Gasteiger charge is -2.16. The van der Waals surface area contributed by atoms with Crippen molar-refractivity contribution >= 4 is 23.0 Å². The lowest BCUT2D eigenvalue weighted by molar-refractivity contribution is -0.140. The van der Waals surface area contributed by atoms with Crippen molar-refractivity contribution in [2.75, 3.05) is 0 Å². The first-order valence-electron chi connectivity index (χ1n) is 8.51. The Hall–Kier alpha value is -3.54. The summed E-state index contributed by atoms with van der Waals surface area (Å²) in [7, 11) is 0. The Kier molecular flexibility index (Phi) is 5.89.